The summed E-state index contributed by atoms with van der Waals surface area (Å²) in [4.78, 5) is 0. The van der Waals surface area contributed by atoms with Crippen LogP contribution in [0.4, 0.5) is 0 Å². The molecule has 0 aliphatic rings. The third kappa shape index (κ3) is 15.7. The first-order valence-electron chi connectivity index (χ1n) is 11.3. The Morgan fingerprint density at radius 1 is 0.417 bits per heavy atom. The fourth-order valence-electron chi connectivity index (χ4n) is 3.52. The molecule has 0 aromatic carbocycles. The molecule has 0 aliphatic carbocycles. The van der Waals surface area contributed by atoms with Crippen LogP contribution in [-0.4, -0.2) is 18.5 Å². The second-order valence-corrected chi connectivity index (χ2v) is 11.3. The minimum Gasteiger partial charge on any atom is -0.324 e. The molecule has 0 radical (unpaired) electrons. The van der Waals surface area contributed by atoms with E-state index in [0.29, 0.717) is 0 Å². The van der Waals surface area contributed by atoms with Crippen LogP contribution in [0.1, 0.15) is 124 Å². The number of unbranched alkanes of at least 4 members (excludes halogenated alkanes) is 13. The van der Waals surface area contributed by atoms with Crippen LogP contribution in [0.5, 0.6) is 0 Å². The molecule has 0 unspecified atom stereocenters. The molecule has 0 saturated heterocycles. The molecule has 0 fully saturated rings. The van der Waals surface area contributed by atoms with E-state index in [1.165, 1.54) is 103 Å². The zero-order chi connectivity index (χ0) is 17.9. The van der Waals surface area contributed by atoms with E-state index in [0.717, 1.165) is 18.5 Å². The Balaban J connectivity index is 3.93. The molecule has 0 atom stereocenters. The maximum Gasteiger partial charge on any atom is 0.0877 e. The van der Waals surface area contributed by atoms with Crippen LogP contribution < -0.4 is 0 Å². The summed E-state index contributed by atoms with van der Waals surface area (Å²) in [5.41, 5.74) is 0. The first kappa shape index (κ1) is 24.2. The molecule has 0 aromatic rings. The summed E-state index contributed by atoms with van der Waals surface area (Å²) < 4.78 is 13.3. The maximum atomic E-state index is 13.3. The van der Waals surface area contributed by atoms with Crippen molar-refractivity contribution in [3.8, 4) is 0 Å². The Kier molecular flexibility index (Phi) is 18.2. The largest absolute Gasteiger partial charge is 0.324 e. The zero-order valence-corrected chi connectivity index (χ0v) is 18.2. The normalized spacial score (nSPS) is 12.0. The minimum atomic E-state index is -1.87. The summed E-state index contributed by atoms with van der Waals surface area (Å²) >= 11 is 0. The van der Waals surface area contributed by atoms with Crippen molar-refractivity contribution in [2.24, 2.45) is 0 Å². The van der Waals surface area contributed by atoms with Crippen molar-refractivity contribution >= 4 is 7.14 Å². The first-order chi connectivity index (χ1) is 11.7. The van der Waals surface area contributed by atoms with E-state index in [1.54, 1.807) is 0 Å². The van der Waals surface area contributed by atoms with Gasteiger partial charge in [-0.2, -0.15) is 0 Å². The van der Waals surface area contributed by atoms with Crippen LogP contribution in [0, 0.1) is 0 Å². The quantitative estimate of drug-likeness (QED) is 0.167. The van der Waals surface area contributed by atoms with Crippen molar-refractivity contribution in [3.05, 3.63) is 0 Å². The molecular weight excluding hydrogens is 311 g/mol. The van der Waals surface area contributed by atoms with Gasteiger partial charge in [-0.3, -0.25) is 0 Å². The molecule has 0 aliphatic heterocycles. The third-order valence-electron chi connectivity index (χ3n) is 5.26. The molecule has 0 bridgehead atoms. The van der Waals surface area contributed by atoms with Crippen LogP contribution in [-0.2, 0) is 4.57 Å². The van der Waals surface area contributed by atoms with Gasteiger partial charge in [0, 0.05) is 18.5 Å². The van der Waals surface area contributed by atoms with Gasteiger partial charge in [0.05, 0.1) is 7.14 Å². The van der Waals surface area contributed by atoms with Gasteiger partial charge < -0.3 is 4.57 Å². The molecule has 24 heavy (non-hydrogen) atoms. The fourth-order valence-corrected chi connectivity index (χ4v) is 6.59. The summed E-state index contributed by atoms with van der Waals surface area (Å²) in [5.74, 6) is 0. The van der Waals surface area contributed by atoms with Crippen molar-refractivity contribution in [1.29, 1.82) is 0 Å². The van der Waals surface area contributed by atoms with Crippen LogP contribution in [0.2, 0.25) is 0 Å². The highest BCUT2D eigenvalue weighted by molar-refractivity contribution is 7.63. The third-order valence-corrected chi connectivity index (χ3v) is 8.65. The highest BCUT2D eigenvalue weighted by Crippen LogP contribution is 2.48. The Labute approximate surface area is 154 Å². The number of rotatable bonds is 19. The molecule has 2 heteroatoms. The van der Waals surface area contributed by atoms with Gasteiger partial charge in [-0.1, -0.05) is 104 Å². The predicted octanol–water partition coefficient (Wildman–Crippen LogP) is 8.65. The van der Waals surface area contributed by atoms with Gasteiger partial charge in [-0.05, 0) is 19.3 Å². The van der Waals surface area contributed by atoms with Crippen molar-refractivity contribution in [2.75, 3.05) is 18.5 Å². The summed E-state index contributed by atoms with van der Waals surface area (Å²) in [6.07, 6.45) is 24.1. The Bertz CT molecular complexity index is 272. The topological polar surface area (TPSA) is 17.1 Å². The van der Waals surface area contributed by atoms with E-state index in [4.69, 9.17) is 0 Å². The molecule has 0 spiro atoms. The molecule has 0 rings (SSSR count). The minimum absolute atomic E-state index is 1.04. The number of hydrogen-bond acceptors (Lipinski definition) is 1. The lowest BCUT2D eigenvalue weighted by Crippen LogP contribution is -2.02. The monoisotopic (exact) mass is 358 g/mol. The summed E-state index contributed by atoms with van der Waals surface area (Å²) in [6.45, 7) is 6.79. The van der Waals surface area contributed by atoms with Gasteiger partial charge in [-0.15, -0.1) is 0 Å². The van der Waals surface area contributed by atoms with Gasteiger partial charge in [-0.25, -0.2) is 0 Å². The van der Waals surface area contributed by atoms with Gasteiger partial charge in [0.25, 0.3) is 0 Å². The molecular formula is C22H47OP. The van der Waals surface area contributed by atoms with Gasteiger partial charge in [0.2, 0.25) is 0 Å². The number of hydrogen-bond donors (Lipinski definition) is 0. The molecule has 0 amide bonds. The lowest BCUT2D eigenvalue weighted by molar-refractivity contribution is 0.556. The summed E-state index contributed by atoms with van der Waals surface area (Å²) in [6, 6.07) is 0. The fraction of sp³-hybridized carbons (Fsp3) is 1.00. The van der Waals surface area contributed by atoms with E-state index in [1.807, 2.05) is 0 Å². The van der Waals surface area contributed by atoms with Gasteiger partial charge in [0.15, 0.2) is 0 Å². The van der Waals surface area contributed by atoms with E-state index < -0.39 is 7.14 Å². The molecule has 1 nitrogen and oxygen atoms in total. The average Bonchev–Trinajstić information content (AvgIpc) is 2.58. The van der Waals surface area contributed by atoms with E-state index >= 15 is 0 Å². The predicted molar refractivity (Wildman–Crippen MR) is 113 cm³/mol. The first-order valence-corrected chi connectivity index (χ1v) is 13.5. The zero-order valence-electron chi connectivity index (χ0n) is 17.3. The van der Waals surface area contributed by atoms with E-state index in [-0.39, 0.29) is 0 Å². The molecule has 146 valence electrons. The highest BCUT2D eigenvalue weighted by atomic mass is 31.2. The lowest BCUT2D eigenvalue weighted by Gasteiger charge is -2.18. The van der Waals surface area contributed by atoms with Crippen molar-refractivity contribution in [3.63, 3.8) is 0 Å². The van der Waals surface area contributed by atoms with Crippen LogP contribution in [0.25, 0.3) is 0 Å². The second kappa shape index (κ2) is 18.0. The second-order valence-electron chi connectivity index (χ2n) is 7.83. The van der Waals surface area contributed by atoms with Crippen LogP contribution in [0.3, 0.4) is 0 Å². The smallest absolute Gasteiger partial charge is 0.0877 e. The van der Waals surface area contributed by atoms with Crippen molar-refractivity contribution < 1.29 is 4.57 Å². The van der Waals surface area contributed by atoms with E-state index in [2.05, 4.69) is 20.8 Å². The molecule has 0 heterocycles. The standard InChI is InChI=1S/C22H47OP/c1-4-7-10-13-14-15-16-19-22-24(23,20-17-11-8-5-2)21-18-12-9-6-3/h4-22H2,1-3H3. The molecule has 0 saturated carbocycles. The Morgan fingerprint density at radius 2 is 0.667 bits per heavy atom. The SMILES string of the molecule is CCCCCCCCCCP(=O)(CCCCCC)CCCCCC. The van der Waals surface area contributed by atoms with Crippen molar-refractivity contribution in [2.45, 2.75) is 124 Å². The average molecular weight is 359 g/mol. The van der Waals surface area contributed by atoms with Gasteiger partial charge in [0.1, 0.15) is 0 Å². The Hall–Kier alpha value is 0.230. The van der Waals surface area contributed by atoms with Gasteiger partial charge >= 0.3 is 0 Å². The van der Waals surface area contributed by atoms with Crippen LogP contribution in [0.15, 0.2) is 0 Å². The summed E-state index contributed by atoms with van der Waals surface area (Å²) in [7, 11) is -1.87. The maximum absolute atomic E-state index is 13.3. The Morgan fingerprint density at radius 3 is 1.00 bits per heavy atom. The molecule has 0 aromatic heterocycles. The summed E-state index contributed by atoms with van der Waals surface area (Å²) in [5, 5.41) is 0. The highest BCUT2D eigenvalue weighted by Gasteiger charge is 2.20. The lowest BCUT2D eigenvalue weighted by atomic mass is 10.1. The van der Waals surface area contributed by atoms with Crippen LogP contribution >= 0.6 is 7.14 Å². The van der Waals surface area contributed by atoms with E-state index in [9.17, 15) is 4.57 Å². The molecule has 0 N–H and O–H groups in total. The van der Waals surface area contributed by atoms with Crippen molar-refractivity contribution in [1.82, 2.24) is 0 Å².